The van der Waals surface area contributed by atoms with Crippen molar-refractivity contribution < 1.29 is 4.79 Å². The highest BCUT2D eigenvalue weighted by Crippen LogP contribution is 2.34. The quantitative estimate of drug-likeness (QED) is 0.539. The summed E-state index contributed by atoms with van der Waals surface area (Å²) in [6.07, 6.45) is 6.19. The molecule has 0 atom stereocenters. The number of thiophene rings is 1. The summed E-state index contributed by atoms with van der Waals surface area (Å²) in [6.45, 7) is 8.20. The number of thioether (sulfide) groups is 1. The van der Waals surface area contributed by atoms with E-state index in [4.69, 9.17) is 4.98 Å². The molecule has 148 valence electrons. The van der Waals surface area contributed by atoms with Crippen molar-refractivity contribution in [2.75, 3.05) is 5.75 Å². The van der Waals surface area contributed by atoms with Gasteiger partial charge in [-0.05, 0) is 45.1 Å². The number of aromatic nitrogens is 2. The van der Waals surface area contributed by atoms with Crippen LogP contribution in [0.1, 0.15) is 68.9 Å². The number of aryl methyl sites for hydroxylation is 2. The van der Waals surface area contributed by atoms with Crippen molar-refractivity contribution in [1.29, 1.82) is 0 Å². The summed E-state index contributed by atoms with van der Waals surface area (Å²) in [5, 5.41) is 4.52. The molecular formula is C20H29N3O2S2. The highest BCUT2D eigenvalue weighted by Gasteiger charge is 2.25. The van der Waals surface area contributed by atoms with E-state index in [1.54, 1.807) is 11.3 Å². The number of carbonyl (C=O) groups excluding carboxylic acids is 1. The summed E-state index contributed by atoms with van der Waals surface area (Å²) in [4.78, 5) is 32.4. The van der Waals surface area contributed by atoms with Gasteiger partial charge in [-0.15, -0.1) is 11.3 Å². The van der Waals surface area contributed by atoms with Gasteiger partial charge in [0.1, 0.15) is 4.83 Å². The number of fused-ring (bicyclic) bond motifs is 1. The number of nitrogens with one attached hydrogen (secondary N) is 1. The van der Waals surface area contributed by atoms with Gasteiger partial charge in [0.2, 0.25) is 5.91 Å². The van der Waals surface area contributed by atoms with E-state index >= 15 is 0 Å². The van der Waals surface area contributed by atoms with Gasteiger partial charge < -0.3 is 5.32 Å². The van der Waals surface area contributed by atoms with Gasteiger partial charge in [0, 0.05) is 17.0 Å². The molecule has 0 saturated heterocycles. The molecule has 0 spiro atoms. The minimum absolute atomic E-state index is 0.0135. The van der Waals surface area contributed by atoms with Gasteiger partial charge in [0.05, 0.1) is 11.1 Å². The number of hydrogen-bond acceptors (Lipinski definition) is 5. The van der Waals surface area contributed by atoms with E-state index in [2.05, 4.69) is 19.2 Å². The molecule has 0 aromatic carbocycles. The zero-order valence-electron chi connectivity index (χ0n) is 16.6. The molecular weight excluding hydrogens is 378 g/mol. The molecule has 0 radical (unpaired) electrons. The van der Waals surface area contributed by atoms with Crippen molar-refractivity contribution in [3.05, 3.63) is 20.8 Å². The van der Waals surface area contributed by atoms with E-state index in [9.17, 15) is 9.59 Å². The minimum Gasteiger partial charge on any atom is -0.353 e. The Morgan fingerprint density at radius 2 is 1.96 bits per heavy atom. The maximum Gasteiger partial charge on any atom is 0.263 e. The van der Waals surface area contributed by atoms with Crippen LogP contribution in [0, 0.1) is 13.8 Å². The molecule has 3 rings (SSSR count). The lowest BCUT2D eigenvalue weighted by molar-refractivity contribution is -0.119. The monoisotopic (exact) mass is 407 g/mol. The van der Waals surface area contributed by atoms with Crippen LogP contribution in [0.5, 0.6) is 0 Å². The first kappa shape index (κ1) is 20.4. The van der Waals surface area contributed by atoms with Gasteiger partial charge in [0.15, 0.2) is 5.16 Å². The smallest absolute Gasteiger partial charge is 0.263 e. The third-order valence-corrected chi connectivity index (χ3v) is 7.63. The van der Waals surface area contributed by atoms with Crippen molar-refractivity contribution in [3.8, 4) is 0 Å². The Morgan fingerprint density at radius 3 is 2.59 bits per heavy atom. The highest BCUT2D eigenvalue weighted by molar-refractivity contribution is 7.99. The molecule has 1 aliphatic carbocycles. The number of carbonyl (C=O) groups is 1. The molecule has 1 aliphatic rings. The maximum atomic E-state index is 13.3. The second-order valence-corrected chi connectivity index (χ2v) is 9.49. The number of hydrogen-bond donors (Lipinski definition) is 1. The Hall–Kier alpha value is -1.34. The van der Waals surface area contributed by atoms with Crippen LogP contribution in [0.4, 0.5) is 0 Å². The summed E-state index contributed by atoms with van der Waals surface area (Å²) >= 11 is 2.97. The fourth-order valence-corrected chi connectivity index (χ4v) is 5.71. The standard InChI is InChI=1S/C20H29N3O2S2/c1-5-14(6-2)21-16(24)11-26-20-22-18-17(12(3)13(4)27-18)19(25)23(20)15-9-7-8-10-15/h14-15H,5-11H2,1-4H3,(H,21,24). The second-order valence-electron chi connectivity index (χ2n) is 7.34. The third-order valence-electron chi connectivity index (χ3n) is 5.58. The summed E-state index contributed by atoms with van der Waals surface area (Å²) < 4.78 is 1.88. The topological polar surface area (TPSA) is 64.0 Å². The van der Waals surface area contributed by atoms with Crippen molar-refractivity contribution in [2.45, 2.75) is 83.5 Å². The first-order chi connectivity index (χ1) is 13.0. The van der Waals surface area contributed by atoms with Gasteiger partial charge in [-0.3, -0.25) is 14.2 Å². The first-order valence-electron chi connectivity index (χ1n) is 9.90. The fraction of sp³-hybridized carbons (Fsp3) is 0.650. The lowest BCUT2D eigenvalue weighted by Gasteiger charge is -2.18. The highest BCUT2D eigenvalue weighted by atomic mass is 32.2. The van der Waals surface area contributed by atoms with Gasteiger partial charge in [-0.2, -0.15) is 0 Å². The van der Waals surface area contributed by atoms with E-state index in [1.807, 2.05) is 18.4 Å². The molecule has 1 fully saturated rings. The van der Waals surface area contributed by atoms with Gasteiger partial charge in [0.25, 0.3) is 5.56 Å². The van der Waals surface area contributed by atoms with Crippen molar-refractivity contribution in [2.24, 2.45) is 0 Å². The average Bonchev–Trinajstić information content (AvgIpc) is 3.26. The van der Waals surface area contributed by atoms with Crippen LogP contribution in [-0.2, 0) is 4.79 Å². The molecule has 2 aromatic rings. The van der Waals surface area contributed by atoms with E-state index in [1.165, 1.54) is 11.8 Å². The third kappa shape index (κ3) is 4.24. The predicted molar refractivity (Wildman–Crippen MR) is 114 cm³/mol. The number of amides is 1. The lowest BCUT2D eigenvalue weighted by atomic mass is 10.2. The molecule has 5 nitrogen and oxygen atoms in total. The van der Waals surface area contributed by atoms with E-state index in [0.29, 0.717) is 10.9 Å². The Bertz CT molecular complexity index is 877. The zero-order valence-corrected chi connectivity index (χ0v) is 18.3. The van der Waals surface area contributed by atoms with Gasteiger partial charge >= 0.3 is 0 Å². The van der Waals surface area contributed by atoms with Crippen LogP contribution in [0.25, 0.3) is 10.2 Å². The summed E-state index contributed by atoms with van der Waals surface area (Å²) in [7, 11) is 0. The second kappa shape index (κ2) is 8.78. The molecule has 2 aromatic heterocycles. The first-order valence-corrected chi connectivity index (χ1v) is 11.7. The summed E-state index contributed by atoms with van der Waals surface area (Å²) in [5.74, 6) is 0.310. The van der Waals surface area contributed by atoms with E-state index in [-0.39, 0.29) is 23.6 Å². The molecule has 0 unspecified atom stereocenters. The molecule has 7 heteroatoms. The Kier molecular flexibility index (Phi) is 6.63. The molecule has 2 heterocycles. The van der Waals surface area contributed by atoms with Crippen molar-refractivity contribution >= 4 is 39.2 Å². The van der Waals surface area contributed by atoms with Crippen LogP contribution in [0.2, 0.25) is 0 Å². The van der Waals surface area contributed by atoms with E-state index in [0.717, 1.165) is 59.2 Å². The molecule has 1 amide bonds. The number of rotatable bonds is 7. The van der Waals surface area contributed by atoms with Crippen LogP contribution >= 0.6 is 23.1 Å². The SMILES string of the molecule is CCC(CC)NC(=O)CSc1nc2sc(C)c(C)c2c(=O)n1C1CCCC1. The average molecular weight is 408 g/mol. The van der Waals surface area contributed by atoms with Crippen LogP contribution in [0.15, 0.2) is 9.95 Å². The normalized spacial score (nSPS) is 15.1. The summed E-state index contributed by atoms with van der Waals surface area (Å²) in [6, 6.07) is 0.423. The van der Waals surface area contributed by atoms with Crippen LogP contribution in [-0.4, -0.2) is 27.3 Å². The zero-order chi connectivity index (χ0) is 19.6. The largest absolute Gasteiger partial charge is 0.353 e. The molecule has 0 aliphatic heterocycles. The molecule has 1 saturated carbocycles. The van der Waals surface area contributed by atoms with Gasteiger partial charge in [-0.1, -0.05) is 38.5 Å². The molecule has 0 bridgehead atoms. The van der Waals surface area contributed by atoms with Crippen molar-refractivity contribution in [3.63, 3.8) is 0 Å². The van der Waals surface area contributed by atoms with Crippen LogP contribution in [0.3, 0.4) is 0 Å². The Morgan fingerprint density at radius 1 is 1.30 bits per heavy atom. The van der Waals surface area contributed by atoms with Gasteiger partial charge in [-0.25, -0.2) is 4.98 Å². The van der Waals surface area contributed by atoms with E-state index < -0.39 is 0 Å². The molecule has 27 heavy (non-hydrogen) atoms. The Balaban J connectivity index is 1.92. The minimum atomic E-state index is 0.0135. The fourth-order valence-electron chi connectivity index (χ4n) is 3.77. The van der Waals surface area contributed by atoms with Crippen LogP contribution < -0.4 is 10.9 Å². The van der Waals surface area contributed by atoms with Crippen molar-refractivity contribution in [1.82, 2.24) is 14.9 Å². The maximum absolute atomic E-state index is 13.3. The lowest BCUT2D eigenvalue weighted by Crippen LogP contribution is -2.35. The summed E-state index contributed by atoms with van der Waals surface area (Å²) in [5.41, 5.74) is 1.11. The Labute approximate surface area is 169 Å². The molecule has 1 N–H and O–H groups in total. The number of nitrogens with zero attached hydrogens (tertiary/aromatic N) is 2. The predicted octanol–water partition coefficient (Wildman–Crippen LogP) is 4.59.